The van der Waals surface area contributed by atoms with E-state index in [1.807, 2.05) is 79.7 Å². The highest BCUT2D eigenvalue weighted by Gasteiger charge is 2.18. The minimum Gasteiger partial charge on any atom is -0.491 e. The first-order valence-electron chi connectivity index (χ1n) is 12.4. The number of aromatic nitrogens is 1. The maximum absolute atomic E-state index is 10.7. The lowest BCUT2D eigenvalue weighted by atomic mass is 9.87. The molecule has 0 aliphatic rings. The molecule has 4 aromatic rings. The van der Waals surface area contributed by atoms with Crippen molar-refractivity contribution < 1.29 is 9.84 Å². The Morgan fingerprint density at radius 3 is 2.24 bits per heavy atom. The van der Waals surface area contributed by atoms with Crippen molar-refractivity contribution in [2.24, 2.45) is 0 Å². The molecule has 4 rings (SSSR count). The van der Waals surface area contributed by atoms with Gasteiger partial charge in [-0.15, -0.1) is 11.8 Å². The Morgan fingerprint density at radius 1 is 0.946 bits per heavy atom. The van der Waals surface area contributed by atoms with Crippen LogP contribution in [0.4, 0.5) is 0 Å². The van der Waals surface area contributed by atoms with Gasteiger partial charge >= 0.3 is 0 Å². The SMILES string of the molecule is Cc1ccc(-c2cc(-c3ccccc3)nc(SCC(O)COc3ccc(C(C)(C)C)cc3)c2C#N)cc1. The summed E-state index contributed by atoms with van der Waals surface area (Å²) < 4.78 is 5.83. The zero-order valence-corrected chi connectivity index (χ0v) is 22.5. The lowest BCUT2D eigenvalue weighted by molar-refractivity contribution is 0.126. The van der Waals surface area contributed by atoms with Crippen molar-refractivity contribution in [3.8, 4) is 34.2 Å². The predicted molar refractivity (Wildman–Crippen MR) is 152 cm³/mol. The molecule has 4 nitrogen and oxygen atoms in total. The first kappa shape index (κ1) is 26.5. The number of pyridine rings is 1. The fourth-order valence-corrected chi connectivity index (χ4v) is 4.83. The monoisotopic (exact) mass is 508 g/mol. The van der Waals surface area contributed by atoms with Gasteiger partial charge in [-0.3, -0.25) is 0 Å². The topological polar surface area (TPSA) is 66.1 Å². The number of aliphatic hydroxyl groups excluding tert-OH is 1. The van der Waals surface area contributed by atoms with Crippen LogP contribution in [0.5, 0.6) is 5.75 Å². The molecule has 3 aromatic carbocycles. The van der Waals surface area contributed by atoms with E-state index in [1.54, 1.807) is 0 Å². The van der Waals surface area contributed by atoms with E-state index < -0.39 is 6.10 Å². The van der Waals surface area contributed by atoms with Crippen LogP contribution in [0.3, 0.4) is 0 Å². The molecule has 1 N–H and O–H groups in total. The van der Waals surface area contributed by atoms with E-state index in [1.165, 1.54) is 17.3 Å². The van der Waals surface area contributed by atoms with E-state index in [2.05, 4.69) is 39.0 Å². The van der Waals surface area contributed by atoms with E-state index in [0.717, 1.165) is 33.7 Å². The highest BCUT2D eigenvalue weighted by atomic mass is 32.2. The van der Waals surface area contributed by atoms with E-state index in [4.69, 9.17) is 9.72 Å². The average Bonchev–Trinajstić information content (AvgIpc) is 2.91. The number of aryl methyl sites for hydroxylation is 1. The number of ether oxygens (including phenoxy) is 1. The molecule has 0 aliphatic heterocycles. The number of hydrogen-bond acceptors (Lipinski definition) is 5. The van der Waals surface area contributed by atoms with Crippen LogP contribution in [0, 0.1) is 18.3 Å². The van der Waals surface area contributed by atoms with Crippen LogP contribution in [0.2, 0.25) is 0 Å². The summed E-state index contributed by atoms with van der Waals surface area (Å²) in [7, 11) is 0. The van der Waals surface area contributed by atoms with Gasteiger partial charge in [-0.1, -0.05) is 93.1 Å². The van der Waals surface area contributed by atoms with Gasteiger partial charge in [0.2, 0.25) is 0 Å². The van der Waals surface area contributed by atoms with E-state index in [9.17, 15) is 10.4 Å². The second-order valence-corrected chi connectivity index (χ2v) is 11.1. The number of aliphatic hydroxyl groups is 1. The third-order valence-electron chi connectivity index (χ3n) is 6.11. The molecule has 0 aliphatic carbocycles. The summed E-state index contributed by atoms with van der Waals surface area (Å²) in [5.41, 5.74) is 6.55. The first-order valence-corrected chi connectivity index (χ1v) is 13.3. The van der Waals surface area contributed by atoms with Gasteiger partial charge in [-0.2, -0.15) is 5.26 Å². The van der Waals surface area contributed by atoms with Crippen LogP contribution in [0.25, 0.3) is 22.4 Å². The number of thioether (sulfide) groups is 1. The normalized spacial score (nSPS) is 12.1. The lowest BCUT2D eigenvalue weighted by Gasteiger charge is -2.19. The van der Waals surface area contributed by atoms with Crippen LogP contribution < -0.4 is 4.74 Å². The maximum atomic E-state index is 10.7. The summed E-state index contributed by atoms with van der Waals surface area (Å²) in [6.45, 7) is 8.72. The van der Waals surface area contributed by atoms with E-state index in [0.29, 0.717) is 16.3 Å². The summed E-state index contributed by atoms with van der Waals surface area (Å²) in [6.07, 6.45) is -0.719. The Kier molecular flexibility index (Phi) is 8.33. The quantitative estimate of drug-likeness (QED) is 0.251. The molecule has 1 heterocycles. The van der Waals surface area contributed by atoms with Crippen LogP contribution in [0.15, 0.2) is 90.0 Å². The van der Waals surface area contributed by atoms with Gasteiger partial charge in [0.25, 0.3) is 0 Å². The maximum Gasteiger partial charge on any atom is 0.119 e. The van der Waals surface area contributed by atoms with Crippen molar-refractivity contribution >= 4 is 11.8 Å². The lowest BCUT2D eigenvalue weighted by Crippen LogP contribution is -2.20. The third kappa shape index (κ3) is 6.80. The van der Waals surface area contributed by atoms with Crippen molar-refractivity contribution in [2.75, 3.05) is 12.4 Å². The van der Waals surface area contributed by atoms with Gasteiger partial charge in [0, 0.05) is 16.9 Å². The van der Waals surface area contributed by atoms with E-state index >= 15 is 0 Å². The highest BCUT2D eigenvalue weighted by molar-refractivity contribution is 7.99. The summed E-state index contributed by atoms with van der Waals surface area (Å²) >= 11 is 1.38. The molecular formula is C32H32N2O2S. The number of benzene rings is 3. The number of nitriles is 1. The van der Waals surface area contributed by atoms with Crippen molar-refractivity contribution in [1.82, 2.24) is 4.98 Å². The van der Waals surface area contributed by atoms with Crippen LogP contribution in [-0.2, 0) is 5.41 Å². The molecule has 1 aromatic heterocycles. The molecular weight excluding hydrogens is 476 g/mol. The summed E-state index contributed by atoms with van der Waals surface area (Å²) in [6, 6.07) is 30.4. The molecule has 0 amide bonds. The molecule has 188 valence electrons. The third-order valence-corrected chi connectivity index (χ3v) is 7.23. The van der Waals surface area contributed by atoms with Crippen molar-refractivity contribution in [1.29, 1.82) is 5.26 Å². The predicted octanol–water partition coefficient (Wildman–Crippen LogP) is 7.43. The molecule has 0 fully saturated rings. The fourth-order valence-electron chi connectivity index (χ4n) is 3.92. The zero-order chi connectivity index (χ0) is 26.4. The van der Waals surface area contributed by atoms with Crippen LogP contribution in [0.1, 0.15) is 37.5 Å². The van der Waals surface area contributed by atoms with Crippen LogP contribution >= 0.6 is 11.8 Å². The van der Waals surface area contributed by atoms with Gasteiger partial charge < -0.3 is 9.84 Å². The van der Waals surface area contributed by atoms with Gasteiger partial charge in [-0.25, -0.2) is 4.98 Å². The Labute approximate surface area is 224 Å². The highest BCUT2D eigenvalue weighted by Crippen LogP contribution is 2.34. The second kappa shape index (κ2) is 11.6. The Bertz CT molecular complexity index is 1370. The summed E-state index contributed by atoms with van der Waals surface area (Å²) in [5.74, 6) is 1.08. The average molecular weight is 509 g/mol. The molecule has 1 unspecified atom stereocenters. The Hall–Kier alpha value is -3.59. The van der Waals surface area contributed by atoms with Crippen molar-refractivity contribution in [2.45, 2.75) is 44.2 Å². The molecule has 0 saturated carbocycles. The summed E-state index contributed by atoms with van der Waals surface area (Å²) in [4.78, 5) is 4.83. The molecule has 0 saturated heterocycles. The first-order chi connectivity index (χ1) is 17.7. The zero-order valence-electron chi connectivity index (χ0n) is 21.7. The minimum atomic E-state index is -0.719. The van der Waals surface area contributed by atoms with Gasteiger partial charge in [0.1, 0.15) is 23.5 Å². The van der Waals surface area contributed by atoms with Crippen molar-refractivity contribution in [3.05, 3.63) is 102 Å². The van der Waals surface area contributed by atoms with Crippen LogP contribution in [-0.4, -0.2) is 28.6 Å². The van der Waals surface area contributed by atoms with Gasteiger partial charge in [0.05, 0.1) is 17.4 Å². The molecule has 37 heavy (non-hydrogen) atoms. The molecule has 1 atom stereocenters. The number of rotatable bonds is 8. The van der Waals surface area contributed by atoms with E-state index in [-0.39, 0.29) is 12.0 Å². The fraction of sp³-hybridized carbons (Fsp3) is 0.250. The van der Waals surface area contributed by atoms with Gasteiger partial charge in [-0.05, 0) is 41.7 Å². The van der Waals surface area contributed by atoms with Gasteiger partial charge in [0.15, 0.2) is 0 Å². The largest absolute Gasteiger partial charge is 0.491 e. The standard InChI is InChI=1S/C32H32N2O2S/c1-22-10-12-23(13-11-22)28-18-30(24-8-6-5-7-9-24)34-31(29(28)19-33)37-21-26(35)20-36-27-16-14-25(15-17-27)32(2,3)4/h5-18,26,35H,20-21H2,1-4H3. The Morgan fingerprint density at radius 2 is 1.62 bits per heavy atom. The Balaban J connectivity index is 1.54. The molecule has 0 bridgehead atoms. The molecule has 5 heteroatoms. The second-order valence-electron chi connectivity index (χ2n) is 10.1. The molecule has 0 spiro atoms. The molecule has 0 radical (unpaired) electrons. The van der Waals surface area contributed by atoms with Crippen molar-refractivity contribution in [3.63, 3.8) is 0 Å². The number of nitrogens with zero attached hydrogens (tertiary/aromatic N) is 2. The number of hydrogen-bond donors (Lipinski definition) is 1. The summed E-state index contributed by atoms with van der Waals surface area (Å²) in [5, 5.41) is 21.4. The minimum absolute atomic E-state index is 0.0753. The smallest absolute Gasteiger partial charge is 0.119 e.